The van der Waals surface area contributed by atoms with Gasteiger partial charge < -0.3 is 34.7 Å². The molecule has 0 bridgehead atoms. The number of rotatable bonds is 11. The van der Waals surface area contributed by atoms with E-state index in [-0.39, 0.29) is 30.2 Å². The van der Waals surface area contributed by atoms with E-state index in [4.69, 9.17) is 151 Å². The fraction of sp³-hybridized carbons (Fsp3) is 0.291. The van der Waals surface area contributed by atoms with Crippen LogP contribution < -0.4 is 30.3 Å². The van der Waals surface area contributed by atoms with Crippen molar-refractivity contribution in [2.24, 2.45) is 0 Å². The number of benzene rings is 9. The lowest BCUT2D eigenvalue weighted by molar-refractivity contribution is 0.124. The number of nitrogens with zero attached hydrogens (tertiary/aromatic N) is 8. The van der Waals surface area contributed by atoms with Crippen LogP contribution in [0.15, 0.2) is 194 Å². The van der Waals surface area contributed by atoms with Crippen molar-refractivity contribution in [3.05, 3.63) is 288 Å². The maximum Gasteiger partial charge on any atom is 0.332 e. The normalized spacial score (nSPS) is 18.7. The maximum absolute atomic E-state index is 12.9. The molecule has 104 heavy (non-hydrogen) atoms. The molecular formula is C79H77Cl13N10O2. The number of hydrogen-bond acceptors (Lipinski definition) is 9. The van der Waals surface area contributed by atoms with E-state index in [0.29, 0.717) is 89.5 Å². The van der Waals surface area contributed by atoms with E-state index in [1.807, 2.05) is 131 Å². The molecule has 14 rings (SSSR count). The molecule has 5 aliphatic heterocycles. The van der Waals surface area contributed by atoms with E-state index >= 15 is 0 Å². The molecule has 5 heterocycles. The highest BCUT2D eigenvalue weighted by Gasteiger charge is 2.35. The number of halogens is 13. The Bertz CT molecular complexity index is 4330. The summed E-state index contributed by atoms with van der Waals surface area (Å²) in [7, 11) is 0. The molecule has 9 aromatic carbocycles. The summed E-state index contributed by atoms with van der Waals surface area (Å²) in [6.45, 7) is 13.8. The lowest BCUT2D eigenvalue weighted by Crippen LogP contribution is -2.57. The summed E-state index contributed by atoms with van der Waals surface area (Å²) in [6.07, 6.45) is 3.47. The number of amides is 3. The maximum atomic E-state index is 12.9. The minimum Gasteiger partial charge on any atom is -0.361 e. The van der Waals surface area contributed by atoms with Crippen LogP contribution in [0.1, 0.15) is 76.8 Å². The first-order valence-corrected chi connectivity index (χ1v) is 39.1. The van der Waals surface area contributed by atoms with E-state index in [9.17, 15) is 9.59 Å². The number of anilines is 4. The van der Waals surface area contributed by atoms with Gasteiger partial charge in [0, 0.05) is 138 Å². The Kier molecular flexibility index (Phi) is 29.2. The highest BCUT2D eigenvalue weighted by atomic mass is 35.5. The Hall–Kier alpha value is -5.43. The predicted octanol–water partition coefficient (Wildman–Crippen LogP) is 23.3. The summed E-state index contributed by atoms with van der Waals surface area (Å²) in [4.78, 5) is 39.7. The molecular weight excluding hydrogens is 1580 g/mol. The molecule has 25 heteroatoms. The van der Waals surface area contributed by atoms with Crippen LogP contribution in [0.2, 0.25) is 60.3 Å². The van der Waals surface area contributed by atoms with Crippen molar-refractivity contribution in [1.82, 2.24) is 30.5 Å². The predicted molar refractivity (Wildman–Crippen MR) is 440 cm³/mol. The van der Waals surface area contributed by atoms with E-state index in [2.05, 4.69) is 90.7 Å². The fourth-order valence-electron chi connectivity index (χ4n) is 13.7. The van der Waals surface area contributed by atoms with E-state index in [1.165, 1.54) is 28.7 Å². The van der Waals surface area contributed by atoms with Crippen LogP contribution in [-0.4, -0.2) is 123 Å². The zero-order valence-electron chi connectivity index (χ0n) is 56.8. The smallest absolute Gasteiger partial charge is 0.332 e. The van der Waals surface area contributed by atoms with Gasteiger partial charge in [-0.05, 0) is 181 Å². The topological polar surface area (TPSA) is 84.1 Å². The summed E-state index contributed by atoms with van der Waals surface area (Å²) in [5.74, 6) is 0. The third-order valence-electron chi connectivity index (χ3n) is 19.0. The average Bonchev–Trinajstić information content (AvgIpc) is 0.806. The molecule has 12 nitrogen and oxygen atoms in total. The summed E-state index contributed by atoms with van der Waals surface area (Å²) in [5.41, 5.74) is 14.1. The number of piperidine rings is 1. The molecule has 5 aliphatic rings. The summed E-state index contributed by atoms with van der Waals surface area (Å²) in [5, 5.41) is 12.9. The van der Waals surface area contributed by atoms with Gasteiger partial charge in [-0.2, -0.15) is 0 Å². The van der Waals surface area contributed by atoms with Crippen molar-refractivity contribution in [3.63, 3.8) is 0 Å². The average molecular weight is 1660 g/mol. The zero-order chi connectivity index (χ0) is 73.6. The van der Waals surface area contributed by atoms with Gasteiger partial charge in [0.05, 0.1) is 67.0 Å². The van der Waals surface area contributed by atoms with Gasteiger partial charge in [0.25, 0.3) is 0 Å². The van der Waals surface area contributed by atoms with Crippen molar-refractivity contribution < 1.29 is 9.59 Å². The van der Waals surface area contributed by atoms with Crippen LogP contribution in [0.4, 0.5) is 32.3 Å². The number of hydrazine groups is 1. The number of piperazine rings is 4. The van der Waals surface area contributed by atoms with Crippen LogP contribution in [-0.2, 0) is 6.54 Å². The second-order valence-electron chi connectivity index (χ2n) is 26.0. The lowest BCUT2D eigenvalue weighted by atomic mass is 10.0. The van der Waals surface area contributed by atoms with E-state index in [1.54, 1.807) is 29.2 Å². The highest BCUT2D eigenvalue weighted by Crippen LogP contribution is 2.42. The van der Waals surface area contributed by atoms with Crippen LogP contribution >= 0.6 is 151 Å². The van der Waals surface area contributed by atoms with Crippen LogP contribution in [0, 0.1) is 6.92 Å². The molecule has 3 amide bonds. The van der Waals surface area contributed by atoms with Gasteiger partial charge >= 0.3 is 11.4 Å². The minimum atomic E-state index is -0.448. The molecule has 4 unspecified atom stereocenters. The number of aryl methyl sites for hydroxylation is 1. The first-order valence-electron chi connectivity index (χ1n) is 34.2. The van der Waals surface area contributed by atoms with Gasteiger partial charge in [-0.1, -0.05) is 224 Å². The number of nitrogens with one attached hydrogen (secondary N) is 2. The molecule has 0 spiro atoms. The Morgan fingerprint density at radius 2 is 0.721 bits per heavy atom. The van der Waals surface area contributed by atoms with Crippen LogP contribution in [0.25, 0.3) is 0 Å². The molecule has 0 saturated carbocycles. The molecule has 0 aliphatic carbocycles. The van der Waals surface area contributed by atoms with Crippen molar-refractivity contribution in [1.29, 1.82) is 0 Å². The van der Waals surface area contributed by atoms with Gasteiger partial charge in [-0.15, -0.1) is 0 Å². The van der Waals surface area contributed by atoms with Crippen LogP contribution in [0.5, 0.6) is 0 Å². The third kappa shape index (κ3) is 21.5. The first kappa shape index (κ1) is 79.6. The van der Waals surface area contributed by atoms with Gasteiger partial charge in [-0.3, -0.25) is 15.1 Å². The van der Waals surface area contributed by atoms with Gasteiger partial charge in [0.1, 0.15) is 0 Å². The standard InChI is InChI=1S/C24H23Cl3N2.C22H25Cl3N4O.C17H14Cl4N2O.C16H15Cl3N2/c1-17-2-4-18(5-3-17)15-28-12-13-29(23-11-10-21(26)14-22(23)27)24(16-28)19-6-8-20(25)9-7-19;23-17-6-4-16(5-7-17)21-15-27(22(30)26-28-10-2-1-3-11-28)12-13-29(21)20-9-8-18(24)14-19(20)25;18-12-3-1-11(2-4-12)16-10-22(17(21)24)7-8-23(16)15-6-5-13(19)9-14(15)20;17-12-3-1-11(2-4-12)16-10-20-7-8-21(16)15-6-5-13(18)9-14(15)19/h2-11,14,24H,12-13,15-16H2,1H3;4-9,14,21H,1-3,10-13,15H2,(H,26,30);1-6,9,16H,7-8,10H2;1-6,9,16,20H,7-8,10H2. The van der Waals surface area contributed by atoms with E-state index in [0.717, 1.165) is 116 Å². The second-order valence-corrected chi connectivity index (χ2v) is 31.4. The lowest BCUT2D eigenvalue weighted by Gasteiger charge is -2.44. The highest BCUT2D eigenvalue weighted by molar-refractivity contribution is 6.62. The molecule has 0 radical (unpaired) electrons. The Morgan fingerprint density at radius 1 is 0.375 bits per heavy atom. The largest absolute Gasteiger partial charge is 0.361 e. The van der Waals surface area contributed by atoms with Crippen molar-refractivity contribution in [2.75, 3.05) is 111 Å². The summed E-state index contributed by atoms with van der Waals surface area (Å²) >= 11 is 80.0. The third-order valence-corrected chi connectivity index (χ3v) is 22.4. The summed E-state index contributed by atoms with van der Waals surface area (Å²) < 4.78 is 0. The fourth-order valence-corrected chi connectivity index (χ4v) is 16.4. The number of carbonyl (C=O) groups is 2. The molecule has 2 N–H and O–H groups in total. The Labute approximate surface area is 674 Å². The first-order chi connectivity index (χ1) is 50.1. The van der Waals surface area contributed by atoms with Gasteiger partial charge in [-0.25, -0.2) is 9.80 Å². The molecule has 4 atom stereocenters. The molecule has 5 saturated heterocycles. The van der Waals surface area contributed by atoms with E-state index < -0.39 is 5.37 Å². The second kappa shape index (κ2) is 38.1. The number of urea groups is 1. The quantitative estimate of drug-likeness (QED) is 0.0972. The van der Waals surface area contributed by atoms with Crippen molar-refractivity contribution in [3.8, 4) is 0 Å². The SMILES string of the molecule is Cc1ccc(CN2CCN(c3ccc(Cl)cc3Cl)C(c3ccc(Cl)cc3)C2)cc1.Clc1ccc(C2CNCCN2c2ccc(Cl)cc2Cl)cc1.O=C(Cl)N1CCN(c2ccc(Cl)cc2Cl)C(c2ccc(Cl)cc2)C1.O=C(NN1CCCCC1)N1CCN(c2ccc(Cl)cc2Cl)C(c2ccc(Cl)cc2)C1. The minimum absolute atomic E-state index is 0.0400. The number of hydrogen-bond donors (Lipinski definition) is 2. The van der Waals surface area contributed by atoms with Gasteiger partial charge in [0.2, 0.25) is 0 Å². The summed E-state index contributed by atoms with van der Waals surface area (Å²) in [6, 6.07) is 62.9. The van der Waals surface area contributed by atoms with Crippen molar-refractivity contribution in [2.45, 2.75) is 56.9 Å². The van der Waals surface area contributed by atoms with Crippen molar-refractivity contribution >= 4 is 185 Å². The molecule has 546 valence electrons. The van der Waals surface area contributed by atoms with Gasteiger partial charge in [0.15, 0.2) is 0 Å². The number of carbonyl (C=O) groups excluding carboxylic acids is 2. The Morgan fingerprint density at radius 3 is 1.12 bits per heavy atom. The van der Waals surface area contributed by atoms with Crippen LogP contribution in [0.3, 0.4) is 0 Å². The zero-order valence-corrected chi connectivity index (χ0v) is 66.6. The molecule has 0 aromatic heterocycles. The monoisotopic (exact) mass is 1650 g/mol. The Balaban J connectivity index is 0.000000140. The molecule has 9 aromatic rings. The molecule has 5 fully saturated rings.